The van der Waals surface area contributed by atoms with Crippen LogP contribution in [0.2, 0.25) is 0 Å². The molecular weight excluding hydrogens is 300 g/mol. The summed E-state index contributed by atoms with van der Waals surface area (Å²) in [4.78, 5) is 35.4. The van der Waals surface area contributed by atoms with E-state index in [9.17, 15) is 14.4 Å². The largest absolute Gasteiger partial charge is 0.369 e. The number of benzene rings is 1. The van der Waals surface area contributed by atoms with E-state index in [0.717, 1.165) is 4.90 Å². The Morgan fingerprint density at radius 1 is 1.22 bits per heavy atom. The lowest BCUT2D eigenvalue weighted by molar-refractivity contribution is -0.117. The molecule has 1 heterocycles. The summed E-state index contributed by atoms with van der Waals surface area (Å²) < 4.78 is 0. The molecule has 1 aliphatic heterocycles. The normalized spacial score (nSPS) is 15.7. The zero-order valence-electron chi connectivity index (χ0n) is 9.43. The second kappa shape index (κ2) is 4.89. The number of carbonyl (C=O) groups is 3. The molecule has 1 unspecified atom stereocenters. The van der Waals surface area contributed by atoms with Crippen LogP contribution in [-0.2, 0) is 4.79 Å². The minimum absolute atomic E-state index is 0.172. The number of primary amides is 1. The van der Waals surface area contributed by atoms with E-state index in [-0.39, 0.29) is 18.4 Å². The smallest absolute Gasteiger partial charge is 0.261 e. The van der Waals surface area contributed by atoms with Crippen molar-refractivity contribution in [2.75, 3.05) is 6.54 Å². The van der Waals surface area contributed by atoms with Crippen LogP contribution in [0.1, 0.15) is 27.1 Å². The van der Waals surface area contributed by atoms with E-state index in [1.807, 2.05) is 0 Å². The predicted octanol–water partition coefficient (Wildman–Crippen LogP) is 0.922. The molecule has 0 fully saturated rings. The molecule has 0 bridgehead atoms. The third-order valence-electron chi connectivity index (χ3n) is 2.79. The van der Waals surface area contributed by atoms with Crippen molar-refractivity contribution in [1.29, 1.82) is 0 Å². The van der Waals surface area contributed by atoms with Crippen LogP contribution in [0.3, 0.4) is 0 Å². The van der Waals surface area contributed by atoms with Crippen LogP contribution >= 0.6 is 15.9 Å². The average Bonchev–Trinajstić information content (AvgIpc) is 2.60. The van der Waals surface area contributed by atoms with Gasteiger partial charge in [-0.15, -0.1) is 0 Å². The number of alkyl halides is 1. The van der Waals surface area contributed by atoms with Gasteiger partial charge in [0.1, 0.15) is 0 Å². The molecule has 2 N–H and O–H groups in total. The molecule has 1 atom stereocenters. The van der Waals surface area contributed by atoms with Crippen molar-refractivity contribution in [3.8, 4) is 0 Å². The molecule has 94 valence electrons. The van der Waals surface area contributed by atoms with Crippen molar-refractivity contribution >= 4 is 33.7 Å². The van der Waals surface area contributed by atoms with Crippen molar-refractivity contribution in [2.24, 2.45) is 5.73 Å². The van der Waals surface area contributed by atoms with Crippen molar-refractivity contribution in [3.05, 3.63) is 35.4 Å². The molecule has 2 rings (SSSR count). The Labute approximate surface area is 112 Å². The first kappa shape index (κ1) is 12.8. The number of nitrogens with two attached hydrogens (primary N) is 1. The van der Waals surface area contributed by atoms with E-state index in [2.05, 4.69) is 15.9 Å². The average molecular weight is 311 g/mol. The Hall–Kier alpha value is -1.69. The maximum absolute atomic E-state index is 12.0. The van der Waals surface area contributed by atoms with Crippen LogP contribution in [0.15, 0.2) is 24.3 Å². The standard InChI is InChI=1S/C12H11BrN2O3/c13-9(10(14)16)5-6-15-11(17)7-3-1-2-4-8(7)12(15)18/h1-4,9H,5-6H2,(H2,14,16). The zero-order valence-corrected chi connectivity index (χ0v) is 11.0. The number of fused-ring (bicyclic) bond motifs is 1. The van der Waals surface area contributed by atoms with Gasteiger partial charge in [-0.1, -0.05) is 28.1 Å². The first-order valence-electron chi connectivity index (χ1n) is 5.41. The van der Waals surface area contributed by atoms with Gasteiger partial charge < -0.3 is 5.73 Å². The van der Waals surface area contributed by atoms with E-state index in [1.54, 1.807) is 24.3 Å². The number of hydrogen-bond acceptors (Lipinski definition) is 3. The molecule has 0 saturated carbocycles. The summed E-state index contributed by atoms with van der Waals surface area (Å²) in [6.45, 7) is 0.172. The molecule has 0 saturated heterocycles. The highest BCUT2D eigenvalue weighted by Crippen LogP contribution is 2.23. The van der Waals surface area contributed by atoms with E-state index in [0.29, 0.717) is 17.5 Å². The first-order valence-corrected chi connectivity index (χ1v) is 6.32. The third-order valence-corrected chi connectivity index (χ3v) is 3.70. The summed E-state index contributed by atoms with van der Waals surface area (Å²) in [5.74, 6) is -1.15. The number of hydrogen-bond donors (Lipinski definition) is 1. The fraction of sp³-hybridized carbons (Fsp3) is 0.250. The van der Waals surface area contributed by atoms with Crippen molar-refractivity contribution in [1.82, 2.24) is 4.90 Å². The van der Waals surface area contributed by atoms with Crippen molar-refractivity contribution in [2.45, 2.75) is 11.2 Å². The number of halogens is 1. The summed E-state index contributed by atoms with van der Waals surface area (Å²) in [7, 11) is 0. The molecule has 0 radical (unpaired) electrons. The molecule has 1 aromatic rings. The van der Waals surface area contributed by atoms with E-state index in [1.165, 1.54) is 0 Å². The van der Waals surface area contributed by atoms with Gasteiger partial charge in [-0.25, -0.2) is 0 Å². The Balaban J connectivity index is 2.12. The highest BCUT2D eigenvalue weighted by Gasteiger charge is 2.35. The second-order valence-electron chi connectivity index (χ2n) is 3.97. The SMILES string of the molecule is NC(=O)C(Br)CCN1C(=O)c2ccccc2C1=O. The van der Waals surface area contributed by atoms with Gasteiger partial charge in [0.15, 0.2) is 0 Å². The summed E-state index contributed by atoms with van der Waals surface area (Å²) in [5, 5.41) is 0. The van der Waals surface area contributed by atoms with Gasteiger partial charge in [0.2, 0.25) is 5.91 Å². The molecule has 0 aromatic heterocycles. The second-order valence-corrected chi connectivity index (χ2v) is 5.07. The monoisotopic (exact) mass is 310 g/mol. The maximum atomic E-state index is 12.0. The van der Waals surface area contributed by atoms with Gasteiger partial charge in [-0.05, 0) is 18.6 Å². The van der Waals surface area contributed by atoms with Gasteiger partial charge in [0.05, 0.1) is 16.0 Å². The summed E-state index contributed by atoms with van der Waals surface area (Å²) in [5.41, 5.74) is 5.92. The summed E-state index contributed by atoms with van der Waals surface area (Å²) in [6.07, 6.45) is 0.306. The lowest BCUT2D eigenvalue weighted by Crippen LogP contribution is -2.34. The Bertz CT molecular complexity index is 495. The predicted molar refractivity (Wildman–Crippen MR) is 68.3 cm³/mol. The number of amides is 3. The van der Waals surface area contributed by atoms with Crippen molar-refractivity contribution in [3.63, 3.8) is 0 Å². The highest BCUT2D eigenvalue weighted by atomic mass is 79.9. The molecule has 3 amide bonds. The van der Waals surface area contributed by atoms with Gasteiger partial charge in [0.25, 0.3) is 11.8 Å². The van der Waals surface area contributed by atoms with E-state index >= 15 is 0 Å². The van der Waals surface area contributed by atoms with Crippen LogP contribution in [0.5, 0.6) is 0 Å². The lowest BCUT2D eigenvalue weighted by atomic mass is 10.1. The van der Waals surface area contributed by atoms with Crippen LogP contribution < -0.4 is 5.73 Å². The topological polar surface area (TPSA) is 80.5 Å². The van der Waals surface area contributed by atoms with Gasteiger partial charge >= 0.3 is 0 Å². The van der Waals surface area contributed by atoms with Crippen LogP contribution in [0.25, 0.3) is 0 Å². The minimum atomic E-state index is -0.540. The fourth-order valence-electron chi connectivity index (χ4n) is 1.83. The van der Waals surface area contributed by atoms with Gasteiger partial charge in [0, 0.05) is 6.54 Å². The third kappa shape index (κ3) is 2.15. The number of nitrogens with zero attached hydrogens (tertiary/aromatic N) is 1. The molecular formula is C12H11BrN2O3. The lowest BCUT2D eigenvalue weighted by Gasteiger charge is -2.14. The van der Waals surface area contributed by atoms with Crippen LogP contribution in [0, 0.1) is 0 Å². The van der Waals surface area contributed by atoms with Gasteiger partial charge in [-0.3, -0.25) is 19.3 Å². The molecule has 6 heteroatoms. The summed E-state index contributed by atoms with van der Waals surface area (Å²) >= 11 is 3.10. The summed E-state index contributed by atoms with van der Waals surface area (Å²) in [6, 6.07) is 6.67. The maximum Gasteiger partial charge on any atom is 0.261 e. The number of rotatable bonds is 4. The molecule has 1 aliphatic rings. The van der Waals surface area contributed by atoms with Crippen LogP contribution in [0.4, 0.5) is 0 Å². The fourth-order valence-corrected chi connectivity index (χ4v) is 2.03. The zero-order chi connectivity index (χ0) is 13.3. The van der Waals surface area contributed by atoms with Gasteiger partial charge in [-0.2, -0.15) is 0 Å². The first-order chi connectivity index (χ1) is 8.52. The minimum Gasteiger partial charge on any atom is -0.369 e. The number of imide groups is 1. The highest BCUT2D eigenvalue weighted by molar-refractivity contribution is 9.10. The Morgan fingerprint density at radius 3 is 2.17 bits per heavy atom. The molecule has 5 nitrogen and oxygen atoms in total. The van der Waals surface area contributed by atoms with E-state index in [4.69, 9.17) is 5.73 Å². The molecule has 0 aliphatic carbocycles. The van der Waals surface area contributed by atoms with E-state index < -0.39 is 10.7 Å². The quantitative estimate of drug-likeness (QED) is 0.663. The molecule has 1 aromatic carbocycles. The molecule has 0 spiro atoms. The Kier molecular flexibility index (Phi) is 3.47. The van der Waals surface area contributed by atoms with Crippen LogP contribution in [-0.4, -0.2) is 34.0 Å². The molecule has 18 heavy (non-hydrogen) atoms. The Morgan fingerprint density at radius 2 is 1.72 bits per heavy atom. The number of carbonyl (C=O) groups excluding carboxylic acids is 3. The van der Waals surface area contributed by atoms with Crippen molar-refractivity contribution < 1.29 is 14.4 Å².